The SMILES string of the molecule is Cc1ccc(-n2cc(S(N)(=O)=O)cn2)nn1. The van der Waals surface area contributed by atoms with Gasteiger partial charge >= 0.3 is 0 Å². The van der Waals surface area contributed by atoms with E-state index in [9.17, 15) is 8.42 Å². The third kappa shape index (κ3) is 2.07. The number of aromatic nitrogens is 4. The molecule has 8 heteroatoms. The van der Waals surface area contributed by atoms with E-state index in [0.29, 0.717) is 5.82 Å². The molecule has 7 nitrogen and oxygen atoms in total. The van der Waals surface area contributed by atoms with Crippen LogP contribution in [0.2, 0.25) is 0 Å². The lowest BCUT2D eigenvalue weighted by Crippen LogP contribution is -2.11. The van der Waals surface area contributed by atoms with Gasteiger partial charge in [0, 0.05) is 0 Å². The van der Waals surface area contributed by atoms with E-state index in [1.54, 1.807) is 19.1 Å². The molecule has 0 aliphatic carbocycles. The van der Waals surface area contributed by atoms with Crippen LogP contribution < -0.4 is 5.14 Å². The zero-order valence-corrected chi connectivity index (χ0v) is 9.22. The predicted molar refractivity (Wildman–Crippen MR) is 55.3 cm³/mol. The van der Waals surface area contributed by atoms with Crippen LogP contribution in [0.4, 0.5) is 0 Å². The monoisotopic (exact) mass is 239 g/mol. The minimum atomic E-state index is -3.73. The largest absolute Gasteiger partial charge is 0.241 e. The molecular weight excluding hydrogens is 230 g/mol. The van der Waals surface area contributed by atoms with Crippen LogP contribution in [0.5, 0.6) is 0 Å². The fourth-order valence-corrected chi connectivity index (χ4v) is 1.53. The fourth-order valence-electron chi connectivity index (χ4n) is 1.09. The van der Waals surface area contributed by atoms with Gasteiger partial charge in [-0.1, -0.05) is 0 Å². The van der Waals surface area contributed by atoms with Crippen LogP contribution in [0, 0.1) is 6.92 Å². The van der Waals surface area contributed by atoms with Crippen LogP contribution in [-0.2, 0) is 10.0 Å². The van der Waals surface area contributed by atoms with E-state index in [-0.39, 0.29) is 4.90 Å². The maximum absolute atomic E-state index is 11.0. The van der Waals surface area contributed by atoms with Crippen LogP contribution in [0.1, 0.15) is 5.69 Å². The molecule has 0 spiro atoms. The Balaban J connectivity index is 2.43. The zero-order valence-electron chi connectivity index (χ0n) is 8.40. The van der Waals surface area contributed by atoms with Gasteiger partial charge < -0.3 is 0 Å². The summed E-state index contributed by atoms with van der Waals surface area (Å²) in [5.41, 5.74) is 0.766. The first-order valence-corrected chi connectivity index (χ1v) is 5.89. The van der Waals surface area contributed by atoms with Crippen molar-refractivity contribution in [2.24, 2.45) is 5.14 Å². The molecule has 0 aliphatic rings. The molecule has 2 aromatic heterocycles. The van der Waals surface area contributed by atoms with Crippen LogP contribution in [0.15, 0.2) is 29.4 Å². The summed E-state index contributed by atoms with van der Waals surface area (Å²) in [6, 6.07) is 3.43. The van der Waals surface area contributed by atoms with Crippen LogP contribution in [-0.4, -0.2) is 28.4 Å². The molecule has 2 heterocycles. The molecule has 0 bridgehead atoms. The second-order valence-corrected chi connectivity index (χ2v) is 4.76. The van der Waals surface area contributed by atoms with Gasteiger partial charge in [-0.05, 0) is 19.1 Å². The summed E-state index contributed by atoms with van der Waals surface area (Å²) in [5, 5.41) is 16.5. The minimum Gasteiger partial charge on any atom is -0.225 e. The van der Waals surface area contributed by atoms with E-state index in [4.69, 9.17) is 5.14 Å². The summed E-state index contributed by atoms with van der Waals surface area (Å²) < 4.78 is 23.3. The Morgan fingerprint density at radius 3 is 2.56 bits per heavy atom. The highest BCUT2D eigenvalue weighted by atomic mass is 32.2. The number of rotatable bonds is 2. The number of hydrogen-bond acceptors (Lipinski definition) is 5. The second kappa shape index (κ2) is 3.65. The first kappa shape index (κ1) is 10.7. The molecule has 2 rings (SSSR count). The average molecular weight is 239 g/mol. The van der Waals surface area contributed by atoms with Crippen molar-refractivity contribution in [2.45, 2.75) is 11.8 Å². The van der Waals surface area contributed by atoms with Gasteiger partial charge in [0.2, 0.25) is 10.0 Å². The van der Waals surface area contributed by atoms with Crippen molar-refractivity contribution in [3.05, 3.63) is 30.2 Å². The quantitative estimate of drug-likeness (QED) is 0.769. The fraction of sp³-hybridized carbons (Fsp3) is 0.125. The molecule has 2 aromatic rings. The van der Waals surface area contributed by atoms with E-state index in [0.717, 1.165) is 11.9 Å². The van der Waals surface area contributed by atoms with Crippen molar-refractivity contribution in [2.75, 3.05) is 0 Å². The van der Waals surface area contributed by atoms with Crippen molar-refractivity contribution in [3.8, 4) is 5.82 Å². The van der Waals surface area contributed by atoms with Gasteiger partial charge in [0.1, 0.15) is 4.90 Å². The van der Waals surface area contributed by atoms with E-state index >= 15 is 0 Å². The van der Waals surface area contributed by atoms with Gasteiger partial charge in [0.15, 0.2) is 5.82 Å². The number of primary sulfonamides is 1. The maximum Gasteiger partial charge on any atom is 0.241 e. The molecule has 0 amide bonds. The van der Waals surface area contributed by atoms with Crippen LogP contribution >= 0.6 is 0 Å². The molecule has 0 saturated heterocycles. The standard InChI is InChI=1S/C8H9N5O2S/c1-6-2-3-8(12-11-6)13-5-7(4-10-13)16(9,14)15/h2-5H,1H3,(H2,9,14,15). The summed E-state index contributed by atoms with van der Waals surface area (Å²) in [6.45, 7) is 1.80. The second-order valence-electron chi connectivity index (χ2n) is 3.20. The molecule has 2 N–H and O–H groups in total. The van der Waals surface area contributed by atoms with Gasteiger partial charge in [-0.2, -0.15) is 10.2 Å². The molecule has 0 saturated carbocycles. The lowest BCUT2D eigenvalue weighted by Gasteiger charge is -1.98. The van der Waals surface area contributed by atoms with Crippen LogP contribution in [0.25, 0.3) is 5.82 Å². The van der Waals surface area contributed by atoms with Gasteiger partial charge in [0.05, 0.1) is 18.1 Å². The molecule has 0 aliphatic heterocycles. The van der Waals surface area contributed by atoms with E-state index < -0.39 is 10.0 Å². The third-order valence-corrected chi connectivity index (χ3v) is 2.77. The molecule has 0 unspecified atom stereocenters. The first-order valence-electron chi connectivity index (χ1n) is 4.35. The van der Waals surface area contributed by atoms with Gasteiger partial charge in [-0.25, -0.2) is 18.2 Å². The smallest absolute Gasteiger partial charge is 0.225 e. The number of aryl methyl sites for hydroxylation is 1. The number of nitrogens with zero attached hydrogens (tertiary/aromatic N) is 4. The number of sulfonamides is 1. The molecule has 0 fully saturated rings. The highest BCUT2D eigenvalue weighted by Gasteiger charge is 2.11. The van der Waals surface area contributed by atoms with Crippen molar-refractivity contribution in [1.82, 2.24) is 20.0 Å². The molecule has 16 heavy (non-hydrogen) atoms. The Morgan fingerprint density at radius 2 is 2.06 bits per heavy atom. The lowest BCUT2D eigenvalue weighted by atomic mass is 10.4. The predicted octanol–water partition coefficient (Wildman–Crippen LogP) is -0.382. The molecular formula is C8H9N5O2S. The summed E-state index contributed by atoms with van der Waals surface area (Å²) in [6.07, 6.45) is 2.45. The van der Waals surface area contributed by atoms with E-state index in [2.05, 4.69) is 15.3 Å². The van der Waals surface area contributed by atoms with Crippen molar-refractivity contribution < 1.29 is 8.42 Å². The Labute approximate surface area is 92.0 Å². The first-order chi connectivity index (χ1) is 7.47. The van der Waals surface area contributed by atoms with Gasteiger partial charge in [-0.3, -0.25) is 0 Å². The Hall–Kier alpha value is -1.80. The van der Waals surface area contributed by atoms with E-state index in [1.165, 1.54) is 10.9 Å². The molecule has 0 radical (unpaired) electrons. The van der Waals surface area contributed by atoms with Gasteiger partial charge in [0.25, 0.3) is 0 Å². The Bertz CT molecular complexity index is 602. The number of hydrogen-bond donors (Lipinski definition) is 1. The van der Waals surface area contributed by atoms with Crippen molar-refractivity contribution in [3.63, 3.8) is 0 Å². The van der Waals surface area contributed by atoms with Crippen molar-refractivity contribution >= 4 is 10.0 Å². The number of nitrogens with two attached hydrogens (primary N) is 1. The molecule has 84 valence electrons. The Kier molecular flexibility index (Phi) is 2.44. The average Bonchev–Trinajstić information content (AvgIpc) is 2.67. The van der Waals surface area contributed by atoms with Crippen LogP contribution in [0.3, 0.4) is 0 Å². The summed E-state index contributed by atoms with van der Waals surface area (Å²) >= 11 is 0. The maximum atomic E-state index is 11.0. The van der Waals surface area contributed by atoms with Crippen molar-refractivity contribution in [1.29, 1.82) is 0 Å². The highest BCUT2D eigenvalue weighted by Crippen LogP contribution is 2.08. The lowest BCUT2D eigenvalue weighted by molar-refractivity contribution is 0.598. The zero-order chi connectivity index (χ0) is 11.8. The summed E-state index contributed by atoms with van der Waals surface area (Å²) in [4.78, 5) is -0.0603. The van der Waals surface area contributed by atoms with E-state index in [1.807, 2.05) is 0 Å². The Morgan fingerprint density at radius 1 is 1.31 bits per heavy atom. The summed E-state index contributed by atoms with van der Waals surface area (Å²) in [7, 11) is -3.73. The third-order valence-electron chi connectivity index (χ3n) is 1.91. The molecule has 0 aromatic carbocycles. The summed E-state index contributed by atoms with van der Waals surface area (Å²) in [5.74, 6) is 0.431. The van der Waals surface area contributed by atoms with Gasteiger partial charge in [-0.15, -0.1) is 5.10 Å². The minimum absolute atomic E-state index is 0.0603. The topological polar surface area (TPSA) is 104 Å². The normalized spacial score (nSPS) is 11.6. The highest BCUT2D eigenvalue weighted by molar-refractivity contribution is 7.89. The molecule has 0 atom stereocenters.